The van der Waals surface area contributed by atoms with Crippen molar-refractivity contribution in [3.63, 3.8) is 0 Å². The van der Waals surface area contributed by atoms with E-state index in [1.807, 2.05) is 42.2 Å². The number of aromatic nitrogens is 1. The summed E-state index contributed by atoms with van der Waals surface area (Å²) >= 11 is 0. The summed E-state index contributed by atoms with van der Waals surface area (Å²) in [6, 6.07) is 12.1. The van der Waals surface area contributed by atoms with E-state index in [2.05, 4.69) is 24.9 Å². The minimum absolute atomic E-state index is 0.0163. The number of para-hydroxylation sites is 1. The SMILES string of the molecule is Cc1cccnc1C(=O)N1CC[C@H]2O[C@H]3c4ccccc4OC(C)(C)[C@@H]3C[C@H]21. The third kappa shape index (κ3) is 2.64. The zero-order chi connectivity index (χ0) is 19.5. The van der Waals surface area contributed by atoms with Crippen molar-refractivity contribution >= 4 is 5.91 Å². The van der Waals surface area contributed by atoms with Gasteiger partial charge in [0.15, 0.2) is 0 Å². The van der Waals surface area contributed by atoms with Crippen LogP contribution in [-0.2, 0) is 4.74 Å². The minimum Gasteiger partial charge on any atom is -0.487 e. The Labute approximate surface area is 165 Å². The van der Waals surface area contributed by atoms with Gasteiger partial charge in [-0.1, -0.05) is 24.3 Å². The largest absolute Gasteiger partial charge is 0.487 e. The molecule has 28 heavy (non-hydrogen) atoms. The fourth-order valence-electron chi connectivity index (χ4n) is 5.13. The molecule has 5 rings (SSSR count). The Hall–Kier alpha value is -2.40. The molecule has 4 atom stereocenters. The Morgan fingerprint density at radius 3 is 2.86 bits per heavy atom. The molecule has 3 aliphatic heterocycles. The molecule has 0 unspecified atom stereocenters. The standard InChI is InChI=1S/C23H26N2O3/c1-14-7-6-11-24-20(14)22(26)25-12-10-19-17(25)13-16-21(27-19)15-8-4-5-9-18(15)28-23(16,2)3/h4-9,11,16-17,19,21H,10,12-13H2,1-3H3/t16-,17-,19-,21+/m1/s1. The number of aryl methyl sites for hydroxylation is 1. The highest BCUT2D eigenvalue weighted by molar-refractivity contribution is 5.94. The van der Waals surface area contributed by atoms with Crippen molar-refractivity contribution < 1.29 is 14.3 Å². The van der Waals surface area contributed by atoms with Gasteiger partial charge in [0, 0.05) is 24.2 Å². The van der Waals surface area contributed by atoms with Gasteiger partial charge in [-0.05, 0) is 51.3 Å². The lowest BCUT2D eigenvalue weighted by Crippen LogP contribution is -2.54. The number of pyridine rings is 1. The lowest BCUT2D eigenvalue weighted by molar-refractivity contribution is -0.159. The summed E-state index contributed by atoms with van der Waals surface area (Å²) in [6.07, 6.45) is 3.53. The highest BCUT2D eigenvalue weighted by atomic mass is 16.5. The molecule has 0 aliphatic carbocycles. The molecule has 1 aromatic heterocycles. The molecule has 1 aromatic carbocycles. The number of hydrogen-bond acceptors (Lipinski definition) is 4. The van der Waals surface area contributed by atoms with E-state index >= 15 is 0 Å². The van der Waals surface area contributed by atoms with Crippen LogP contribution in [0.1, 0.15) is 54.4 Å². The second-order valence-electron chi connectivity index (χ2n) is 8.70. The van der Waals surface area contributed by atoms with Gasteiger partial charge in [-0.25, -0.2) is 0 Å². The summed E-state index contributed by atoms with van der Waals surface area (Å²) in [5, 5.41) is 0. The van der Waals surface area contributed by atoms with E-state index < -0.39 is 0 Å². The maximum absolute atomic E-state index is 13.2. The predicted octanol–water partition coefficient (Wildman–Crippen LogP) is 3.92. The van der Waals surface area contributed by atoms with Gasteiger partial charge < -0.3 is 14.4 Å². The number of hydrogen-bond donors (Lipinski definition) is 0. The Kier molecular flexibility index (Phi) is 3.98. The smallest absolute Gasteiger partial charge is 0.273 e. The maximum Gasteiger partial charge on any atom is 0.273 e. The van der Waals surface area contributed by atoms with Gasteiger partial charge in [-0.3, -0.25) is 9.78 Å². The van der Waals surface area contributed by atoms with Crippen LogP contribution in [0.3, 0.4) is 0 Å². The van der Waals surface area contributed by atoms with E-state index in [1.165, 1.54) is 0 Å². The number of likely N-dealkylation sites (tertiary alicyclic amines) is 1. The molecule has 5 nitrogen and oxygen atoms in total. The zero-order valence-corrected chi connectivity index (χ0v) is 16.6. The number of rotatable bonds is 1. The summed E-state index contributed by atoms with van der Waals surface area (Å²) < 4.78 is 13.0. The highest BCUT2D eigenvalue weighted by Crippen LogP contribution is 2.52. The highest BCUT2D eigenvalue weighted by Gasteiger charge is 2.53. The molecule has 2 fully saturated rings. The molecule has 0 bridgehead atoms. The van der Waals surface area contributed by atoms with Gasteiger partial charge in [0.25, 0.3) is 5.91 Å². The fourth-order valence-corrected chi connectivity index (χ4v) is 5.13. The minimum atomic E-state index is -0.345. The molecule has 5 heteroatoms. The van der Waals surface area contributed by atoms with Crippen molar-refractivity contribution in [2.45, 2.75) is 57.5 Å². The molecule has 1 amide bonds. The van der Waals surface area contributed by atoms with Crippen LogP contribution in [0.4, 0.5) is 0 Å². The summed E-state index contributed by atoms with van der Waals surface area (Å²) in [4.78, 5) is 19.5. The van der Waals surface area contributed by atoms with E-state index in [0.717, 1.165) is 29.7 Å². The van der Waals surface area contributed by atoms with Gasteiger partial charge in [0.2, 0.25) is 0 Å². The first-order valence-corrected chi connectivity index (χ1v) is 10.1. The molecule has 0 spiro atoms. The fraction of sp³-hybridized carbons (Fsp3) is 0.478. The van der Waals surface area contributed by atoms with Gasteiger partial charge in [0.05, 0.1) is 18.2 Å². The Morgan fingerprint density at radius 2 is 2.04 bits per heavy atom. The third-order valence-corrected chi connectivity index (χ3v) is 6.63. The molecular weight excluding hydrogens is 352 g/mol. The van der Waals surface area contributed by atoms with E-state index in [-0.39, 0.29) is 35.7 Å². The van der Waals surface area contributed by atoms with Gasteiger partial charge in [-0.2, -0.15) is 0 Å². The van der Waals surface area contributed by atoms with Crippen molar-refractivity contribution in [3.8, 4) is 5.75 Å². The van der Waals surface area contributed by atoms with Crippen molar-refractivity contribution in [2.75, 3.05) is 6.54 Å². The predicted molar refractivity (Wildman–Crippen MR) is 105 cm³/mol. The van der Waals surface area contributed by atoms with Crippen LogP contribution in [0.5, 0.6) is 5.75 Å². The molecule has 0 N–H and O–H groups in total. The van der Waals surface area contributed by atoms with Crippen LogP contribution in [0.2, 0.25) is 0 Å². The van der Waals surface area contributed by atoms with Crippen molar-refractivity contribution in [1.29, 1.82) is 0 Å². The van der Waals surface area contributed by atoms with Crippen molar-refractivity contribution in [3.05, 3.63) is 59.4 Å². The van der Waals surface area contributed by atoms with Gasteiger partial charge >= 0.3 is 0 Å². The van der Waals surface area contributed by atoms with E-state index in [9.17, 15) is 4.79 Å². The second-order valence-corrected chi connectivity index (χ2v) is 8.70. The van der Waals surface area contributed by atoms with Crippen molar-refractivity contribution in [1.82, 2.24) is 9.88 Å². The van der Waals surface area contributed by atoms with Gasteiger partial charge in [-0.15, -0.1) is 0 Å². The molecule has 2 aromatic rings. The van der Waals surface area contributed by atoms with E-state index in [1.54, 1.807) is 6.20 Å². The maximum atomic E-state index is 13.2. The van der Waals surface area contributed by atoms with Crippen molar-refractivity contribution in [2.24, 2.45) is 5.92 Å². The van der Waals surface area contributed by atoms with Gasteiger partial charge in [0.1, 0.15) is 17.0 Å². The van der Waals surface area contributed by atoms with Crippen LogP contribution < -0.4 is 4.74 Å². The molecule has 4 heterocycles. The van der Waals surface area contributed by atoms with Crippen LogP contribution >= 0.6 is 0 Å². The summed E-state index contributed by atoms with van der Waals surface area (Å²) in [7, 11) is 0. The number of carbonyl (C=O) groups is 1. The van der Waals surface area contributed by atoms with E-state index in [4.69, 9.17) is 9.47 Å². The molecule has 2 saturated heterocycles. The topological polar surface area (TPSA) is 51.7 Å². The van der Waals surface area contributed by atoms with Crippen LogP contribution in [-0.4, -0.2) is 40.1 Å². The van der Waals surface area contributed by atoms with Crippen LogP contribution in [0, 0.1) is 12.8 Å². The Bertz CT molecular complexity index is 926. The number of fused-ring (bicyclic) bond motifs is 4. The quantitative estimate of drug-likeness (QED) is 0.755. The lowest BCUT2D eigenvalue weighted by atomic mass is 9.74. The first kappa shape index (κ1) is 17.7. The average molecular weight is 378 g/mol. The molecule has 0 saturated carbocycles. The number of benzene rings is 1. The lowest BCUT2D eigenvalue weighted by Gasteiger charge is -2.50. The first-order chi connectivity index (χ1) is 13.5. The third-order valence-electron chi connectivity index (χ3n) is 6.63. The molecule has 3 aliphatic rings. The van der Waals surface area contributed by atoms with Crippen LogP contribution in [0.25, 0.3) is 0 Å². The summed E-state index contributed by atoms with van der Waals surface area (Å²) in [5.74, 6) is 1.13. The number of carbonyl (C=O) groups excluding carboxylic acids is 1. The van der Waals surface area contributed by atoms with E-state index in [0.29, 0.717) is 12.2 Å². The molecule has 0 radical (unpaired) electrons. The summed E-state index contributed by atoms with van der Waals surface area (Å²) in [5.41, 5.74) is 2.26. The number of ether oxygens (including phenoxy) is 2. The first-order valence-electron chi connectivity index (χ1n) is 10.1. The zero-order valence-electron chi connectivity index (χ0n) is 16.6. The normalized spacial score (nSPS) is 30.0. The average Bonchev–Trinajstić information content (AvgIpc) is 3.09. The Morgan fingerprint density at radius 1 is 1.21 bits per heavy atom. The second kappa shape index (κ2) is 6.31. The van der Waals surface area contributed by atoms with Crippen LogP contribution in [0.15, 0.2) is 42.6 Å². The Balaban J connectivity index is 1.46. The summed E-state index contributed by atoms with van der Waals surface area (Å²) in [6.45, 7) is 6.92. The molecular formula is C23H26N2O3. The monoisotopic (exact) mass is 378 g/mol. The number of nitrogens with zero attached hydrogens (tertiary/aromatic N) is 2. The molecule has 146 valence electrons. The number of amides is 1.